The van der Waals surface area contributed by atoms with Crippen LogP contribution in [0.4, 0.5) is 5.69 Å². The smallest absolute Gasteiger partial charge is 0.251 e. The molecule has 0 unspecified atom stereocenters. The van der Waals surface area contributed by atoms with E-state index in [0.29, 0.717) is 29.4 Å². The number of carbonyl (C=O) groups is 2. The summed E-state index contributed by atoms with van der Waals surface area (Å²) in [6.07, 6.45) is 2.69. The van der Waals surface area contributed by atoms with Gasteiger partial charge in [0.05, 0.1) is 11.4 Å². The molecule has 1 saturated heterocycles. The van der Waals surface area contributed by atoms with Crippen molar-refractivity contribution in [2.75, 3.05) is 25.0 Å². The maximum Gasteiger partial charge on any atom is 0.251 e. The van der Waals surface area contributed by atoms with E-state index >= 15 is 0 Å². The highest BCUT2D eigenvalue weighted by Gasteiger charge is 2.28. The molecule has 2 amide bonds. The van der Waals surface area contributed by atoms with Crippen molar-refractivity contribution in [1.29, 1.82) is 0 Å². The fourth-order valence-corrected chi connectivity index (χ4v) is 5.16. The van der Waals surface area contributed by atoms with Crippen LogP contribution in [0, 0.1) is 6.92 Å². The lowest BCUT2D eigenvalue weighted by Gasteiger charge is -2.26. The Morgan fingerprint density at radius 3 is 2.37 bits per heavy atom. The van der Waals surface area contributed by atoms with Crippen LogP contribution in [-0.2, 0) is 14.8 Å². The van der Waals surface area contributed by atoms with Gasteiger partial charge in [-0.1, -0.05) is 24.1 Å². The SMILES string of the molecule is Cc1ccc(C(=O)NCC(=O)Nc2ccc(Cl)cc2)cc1S(=O)(=O)N1CCCCC1. The summed E-state index contributed by atoms with van der Waals surface area (Å²) in [5.41, 5.74) is 1.33. The Kier molecular flexibility index (Phi) is 7.12. The van der Waals surface area contributed by atoms with Crippen LogP contribution < -0.4 is 10.6 Å². The third-order valence-corrected chi connectivity index (χ3v) is 7.21. The highest BCUT2D eigenvalue weighted by Crippen LogP contribution is 2.24. The van der Waals surface area contributed by atoms with Gasteiger partial charge in [-0.05, 0) is 61.7 Å². The molecule has 0 aromatic heterocycles. The van der Waals surface area contributed by atoms with E-state index in [4.69, 9.17) is 11.6 Å². The third kappa shape index (κ3) is 5.38. The summed E-state index contributed by atoms with van der Waals surface area (Å²) < 4.78 is 27.5. The molecule has 30 heavy (non-hydrogen) atoms. The molecule has 1 fully saturated rings. The van der Waals surface area contributed by atoms with Gasteiger partial charge in [0.1, 0.15) is 0 Å². The maximum atomic E-state index is 13.0. The first-order chi connectivity index (χ1) is 14.3. The van der Waals surface area contributed by atoms with Gasteiger partial charge >= 0.3 is 0 Å². The number of rotatable bonds is 6. The summed E-state index contributed by atoms with van der Waals surface area (Å²) in [6.45, 7) is 2.44. The Morgan fingerprint density at radius 1 is 1.03 bits per heavy atom. The molecule has 0 saturated carbocycles. The fourth-order valence-electron chi connectivity index (χ4n) is 3.26. The molecular formula is C21H24ClN3O4S. The van der Waals surface area contributed by atoms with E-state index in [0.717, 1.165) is 19.3 Å². The second-order valence-electron chi connectivity index (χ2n) is 7.18. The zero-order chi connectivity index (χ0) is 21.7. The second-order valence-corrected chi connectivity index (χ2v) is 9.53. The monoisotopic (exact) mass is 449 g/mol. The van der Waals surface area contributed by atoms with Crippen molar-refractivity contribution in [3.63, 3.8) is 0 Å². The summed E-state index contributed by atoms with van der Waals surface area (Å²) in [4.78, 5) is 24.7. The van der Waals surface area contributed by atoms with Crippen molar-refractivity contribution < 1.29 is 18.0 Å². The van der Waals surface area contributed by atoms with Gasteiger partial charge in [0, 0.05) is 29.4 Å². The predicted octanol–water partition coefficient (Wildman–Crippen LogP) is 3.19. The predicted molar refractivity (Wildman–Crippen MR) is 116 cm³/mol. The van der Waals surface area contributed by atoms with E-state index in [1.54, 1.807) is 43.3 Å². The number of benzene rings is 2. The molecule has 1 aliphatic rings. The number of anilines is 1. The minimum atomic E-state index is -3.66. The Bertz CT molecular complexity index is 1030. The molecule has 0 spiro atoms. The van der Waals surface area contributed by atoms with Crippen molar-refractivity contribution in [2.45, 2.75) is 31.1 Å². The van der Waals surface area contributed by atoms with Gasteiger partial charge < -0.3 is 10.6 Å². The number of piperidine rings is 1. The summed E-state index contributed by atoms with van der Waals surface area (Å²) in [5, 5.41) is 5.72. The minimum Gasteiger partial charge on any atom is -0.343 e. The van der Waals surface area contributed by atoms with Crippen LogP contribution in [0.2, 0.25) is 5.02 Å². The number of halogens is 1. The molecule has 0 bridgehead atoms. The van der Waals surface area contributed by atoms with Crippen LogP contribution in [0.25, 0.3) is 0 Å². The zero-order valence-corrected chi connectivity index (χ0v) is 18.2. The van der Waals surface area contributed by atoms with E-state index in [9.17, 15) is 18.0 Å². The molecule has 0 aliphatic carbocycles. The highest BCUT2D eigenvalue weighted by molar-refractivity contribution is 7.89. The molecule has 0 radical (unpaired) electrons. The number of hydrogen-bond acceptors (Lipinski definition) is 4. The molecule has 0 atom stereocenters. The van der Waals surface area contributed by atoms with Crippen molar-refractivity contribution in [2.24, 2.45) is 0 Å². The maximum absolute atomic E-state index is 13.0. The van der Waals surface area contributed by atoms with Crippen LogP contribution in [0.5, 0.6) is 0 Å². The Hall–Kier alpha value is -2.42. The van der Waals surface area contributed by atoms with Crippen LogP contribution in [0.15, 0.2) is 47.4 Å². The molecule has 9 heteroatoms. The first-order valence-electron chi connectivity index (χ1n) is 9.72. The van der Waals surface area contributed by atoms with Crippen LogP contribution in [-0.4, -0.2) is 44.2 Å². The topological polar surface area (TPSA) is 95.6 Å². The minimum absolute atomic E-state index is 0.127. The lowest BCUT2D eigenvalue weighted by atomic mass is 10.1. The zero-order valence-electron chi connectivity index (χ0n) is 16.7. The number of amides is 2. The van der Waals surface area contributed by atoms with Gasteiger partial charge in [0.2, 0.25) is 15.9 Å². The Morgan fingerprint density at radius 2 is 1.70 bits per heavy atom. The summed E-state index contributed by atoms with van der Waals surface area (Å²) in [5.74, 6) is -0.921. The second kappa shape index (κ2) is 9.59. The molecule has 2 aromatic rings. The van der Waals surface area contributed by atoms with Crippen LogP contribution in [0.1, 0.15) is 35.2 Å². The number of nitrogens with zero attached hydrogens (tertiary/aromatic N) is 1. The lowest BCUT2D eigenvalue weighted by molar-refractivity contribution is -0.115. The number of aryl methyl sites for hydroxylation is 1. The average Bonchev–Trinajstić information content (AvgIpc) is 2.74. The summed E-state index contributed by atoms with van der Waals surface area (Å²) in [7, 11) is -3.66. The number of nitrogens with one attached hydrogen (secondary N) is 2. The molecule has 7 nitrogen and oxygen atoms in total. The number of hydrogen-bond donors (Lipinski definition) is 2. The Labute approximate surface area is 181 Å². The van der Waals surface area contributed by atoms with Crippen LogP contribution in [0.3, 0.4) is 0 Å². The van der Waals surface area contributed by atoms with Gasteiger partial charge in [0.15, 0.2) is 0 Å². The number of sulfonamides is 1. The lowest BCUT2D eigenvalue weighted by Crippen LogP contribution is -2.36. The van der Waals surface area contributed by atoms with E-state index in [2.05, 4.69) is 10.6 Å². The first kappa shape index (κ1) is 22.3. The highest BCUT2D eigenvalue weighted by atomic mass is 35.5. The molecule has 2 aromatic carbocycles. The molecule has 1 heterocycles. The van der Waals surface area contributed by atoms with Gasteiger partial charge in [-0.15, -0.1) is 0 Å². The van der Waals surface area contributed by atoms with E-state index in [1.807, 2.05) is 0 Å². The Balaban J connectivity index is 1.67. The normalized spacial score (nSPS) is 14.9. The van der Waals surface area contributed by atoms with Crippen molar-refractivity contribution in [1.82, 2.24) is 9.62 Å². The van der Waals surface area contributed by atoms with Crippen molar-refractivity contribution in [3.8, 4) is 0 Å². The van der Waals surface area contributed by atoms with E-state index in [-0.39, 0.29) is 17.0 Å². The van der Waals surface area contributed by atoms with Crippen LogP contribution >= 0.6 is 11.6 Å². The molecule has 160 valence electrons. The quantitative estimate of drug-likeness (QED) is 0.707. The first-order valence-corrected chi connectivity index (χ1v) is 11.5. The molecule has 2 N–H and O–H groups in total. The fraction of sp³-hybridized carbons (Fsp3) is 0.333. The van der Waals surface area contributed by atoms with Gasteiger partial charge in [-0.25, -0.2) is 8.42 Å². The third-order valence-electron chi connectivity index (χ3n) is 4.92. The summed E-state index contributed by atoms with van der Waals surface area (Å²) in [6, 6.07) is 11.1. The largest absolute Gasteiger partial charge is 0.343 e. The number of carbonyl (C=O) groups excluding carboxylic acids is 2. The van der Waals surface area contributed by atoms with Gasteiger partial charge in [-0.2, -0.15) is 4.31 Å². The van der Waals surface area contributed by atoms with Crippen molar-refractivity contribution >= 4 is 39.1 Å². The molecule has 3 rings (SSSR count). The van der Waals surface area contributed by atoms with Gasteiger partial charge in [0.25, 0.3) is 5.91 Å². The molecular weight excluding hydrogens is 426 g/mol. The van der Waals surface area contributed by atoms with E-state index in [1.165, 1.54) is 10.4 Å². The summed E-state index contributed by atoms with van der Waals surface area (Å²) >= 11 is 5.81. The average molecular weight is 450 g/mol. The van der Waals surface area contributed by atoms with Crippen molar-refractivity contribution in [3.05, 3.63) is 58.6 Å². The standard InChI is InChI=1S/C21H24ClN3O4S/c1-15-5-6-16(13-19(15)30(28,29)25-11-3-2-4-12-25)21(27)23-14-20(26)24-18-9-7-17(22)8-10-18/h5-10,13H,2-4,11-12,14H2,1H3,(H,23,27)(H,24,26). The van der Waals surface area contributed by atoms with E-state index < -0.39 is 21.8 Å². The van der Waals surface area contributed by atoms with Gasteiger partial charge in [-0.3, -0.25) is 9.59 Å². The molecule has 1 aliphatic heterocycles.